The standard InChI is InChI=1S/C25H29FN6O4/c1-14-18(10-30-24-23(14)28-5-7-35-24)17-8-15-9-20(29-11-19(15)22(27)21(17)26)31-25(33)36-16-4-3-6-32(2)13-34-12-16/h8-11,16,28H,3-7,12-13,27H2,1-2H3,(H,29,31,33)/t16-/m1/s1. The summed E-state index contributed by atoms with van der Waals surface area (Å²) in [6.45, 7) is 4.74. The second-order valence-electron chi connectivity index (χ2n) is 9.07. The minimum Gasteiger partial charge on any atom is -0.474 e. The van der Waals surface area contributed by atoms with Crippen molar-refractivity contribution in [1.82, 2.24) is 14.9 Å². The van der Waals surface area contributed by atoms with Crippen molar-refractivity contribution in [3.63, 3.8) is 0 Å². The van der Waals surface area contributed by atoms with Gasteiger partial charge in [-0.3, -0.25) is 10.2 Å². The van der Waals surface area contributed by atoms with Crippen LogP contribution in [0.3, 0.4) is 0 Å². The van der Waals surface area contributed by atoms with E-state index in [9.17, 15) is 4.79 Å². The number of hydrogen-bond acceptors (Lipinski definition) is 9. The number of amides is 1. The summed E-state index contributed by atoms with van der Waals surface area (Å²) >= 11 is 0. The first-order valence-corrected chi connectivity index (χ1v) is 11.9. The average Bonchev–Trinajstić information content (AvgIpc) is 2.85. The zero-order valence-corrected chi connectivity index (χ0v) is 20.3. The minimum atomic E-state index is -0.625. The van der Waals surface area contributed by atoms with E-state index in [0.717, 1.165) is 24.2 Å². The molecule has 0 aliphatic carbocycles. The van der Waals surface area contributed by atoms with Crippen LogP contribution in [0.15, 0.2) is 24.5 Å². The van der Waals surface area contributed by atoms with Gasteiger partial charge in [-0.1, -0.05) is 0 Å². The zero-order chi connectivity index (χ0) is 25.2. The Morgan fingerprint density at radius 1 is 1.31 bits per heavy atom. The van der Waals surface area contributed by atoms with Crippen LogP contribution in [0.4, 0.5) is 26.4 Å². The van der Waals surface area contributed by atoms with E-state index in [1.165, 1.54) is 6.20 Å². The second kappa shape index (κ2) is 10.1. The van der Waals surface area contributed by atoms with Crippen molar-refractivity contribution in [1.29, 1.82) is 0 Å². The van der Waals surface area contributed by atoms with Gasteiger partial charge in [-0.15, -0.1) is 0 Å². The second-order valence-corrected chi connectivity index (χ2v) is 9.07. The highest BCUT2D eigenvalue weighted by atomic mass is 19.1. The number of hydrogen-bond donors (Lipinski definition) is 3. The van der Waals surface area contributed by atoms with Gasteiger partial charge in [0.1, 0.15) is 24.2 Å². The number of ether oxygens (including phenoxy) is 3. The molecule has 1 atom stereocenters. The molecule has 5 rings (SSSR count). The molecule has 1 fully saturated rings. The molecule has 4 heterocycles. The number of carbonyl (C=O) groups is 1. The molecule has 2 aliphatic heterocycles. The molecule has 1 aromatic carbocycles. The summed E-state index contributed by atoms with van der Waals surface area (Å²) in [6, 6.07) is 3.32. The lowest BCUT2D eigenvalue weighted by atomic mass is 9.97. The third-order valence-corrected chi connectivity index (χ3v) is 6.42. The first-order valence-electron chi connectivity index (χ1n) is 11.9. The van der Waals surface area contributed by atoms with Crippen molar-refractivity contribution in [3.05, 3.63) is 35.9 Å². The number of nitrogens with one attached hydrogen (secondary N) is 2. The van der Waals surface area contributed by atoms with Gasteiger partial charge < -0.3 is 25.3 Å². The third-order valence-electron chi connectivity index (χ3n) is 6.42. The molecular formula is C25H29FN6O4. The average molecular weight is 497 g/mol. The number of nitrogen functional groups attached to an aromatic ring is 1. The van der Waals surface area contributed by atoms with Gasteiger partial charge in [-0.05, 0) is 49.9 Å². The van der Waals surface area contributed by atoms with E-state index in [-0.39, 0.29) is 17.6 Å². The minimum absolute atomic E-state index is 0.0258. The summed E-state index contributed by atoms with van der Waals surface area (Å²) in [4.78, 5) is 23.2. The van der Waals surface area contributed by atoms with E-state index in [1.807, 2.05) is 14.0 Å². The Morgan fingerprint density at radius 3 is 3.03 bits per heavy atom. The molecule has 1 saturated heterocycles. The maximum Gasteiger partial charge on any atom is 0.413 e. The van der Waals surface area contributed by atoms with Crippen molar-refractivity contribution in [2.24, 2.45) is 0 Å². The summed E-state index contributed by atoms with van der Waals surface area (Å²) in [6.07, 6.45) is 3.66. The Morgan fingerprint density at radius 2 is 2.17 bits per heavy atom. The third kappa shape index (κ3) is 4.84. The number of halogens is 1. The molecule has 3 aromatic rings. The SMILES string of the molecule is Cc1c(-c2cc3cc(NC(=O)O[C@@H]4CCCN(C)COC4)ncc3c(N)c2F)cnc2c1NCCO2. The summed E-state index contributed by atoms with van der Waals surface area (Å²) in [5, 5.41) is 6.98. The highest BCUT2D eigenvalue weighted by molar-refractivity contribution is 5.99. The van der Waals surface area contributed by atoms with Gasteiger partial charge >= 0.3 is 6.09 Å². The monoisotopic (exact) mass is 496 g/mol. The number of rotatable bonds is 3. The molecule has 1 amide bonds. The quantitative estimate of drug-likeness (QED) is 0.465. The molecule has 0 unspecified atom stereocenters. The predicted molar refractivity (Wildman–Crippen MR) is 135 cm³/mol. The van der Waals surface area contributed by atoms with Crippen molar-refractivity contribution >= 4 is 34.1 Å². The van der Waals surface area contributed by atoms with Gasteiger partial charge in [0.2, 0.25) is 5.88 Å². The summed E-state index contributed by atoms with van der Waals surface area (Å²) in [5.74, 6) is 0.208. The predicted octanol–water partition coefficient (Wildman–Crippen LogP) is 3.75. The summed E-state index contributed by atoms with van der Waals surface area (Å²) in [7, 11) is 1.98. The van der Waals surface area contributed by atoms with Crippen LogP contribution in [0.1, 0.15) is 18.4 Å². The molecular weight excluding hydrogens is 467 g/mol. The molecule has 0 bridgehead atoms. The number of carbonyl (C=O) groups excluding carboxylic acids is 1. The van der Waals surface area contributed by atoms with E-state index in [2.05, 4.69) is 25.5 Å². The molecule has 4 N–H and O–H groups in total. The first-order chi connectivity index (χ1) is 17.4. The van der Waals surface area contributed by atoms with Crippen LogP contribution in [-0.4, -0.2) is 67.1 Å². The highest BCUT2D eigenvalue weighted by Gasteiger charge is 2.22. The Labute approximate surface area is 207 Å². The normalized spacial score (nSPS) is 18.4. The molecule has 0 radical (unpaired) electrons. The number of anilines is 3. The molecule has 10 nitrogen and oxygen atoms in total. The van der Waals surface area contributed by atoms with Crippen LogP contribution in [-0.2, 0) is 9.47 Å². The van der Waals surface area contributed by atoms with Gasteiger partial charge in [0, 0.05) is 42.0 Å². The van der Waals surface area contributed by atoms with Crippen molar-refractivity contribution < 1.29 is 23.4 Å². The molecule has 190 valence electrons. The van der Waals surface area contributed by atoms with Crippen molar-refractivity contribution in [3.8, 4) is 17.0 Å². The number of benzene rings is 1. The fourth-order valence-electron chi connectivity index (χ4n) is 4.51. The molecule has 36 heavy (non-hydrogen) atoms. The van der Waals surface area contributed by atoms with E-state index < -0.39 is 11.9 Å². The number of fused-ring (bicyclic) bond motifs is 2. The summed E-state index contributed by atoms with van der Waals surface area (Å²) in [5.41, 5.74) is 8.57. The maximum absolute atomic E-state index is 15.4. The van der Waals surface area contributed by atoms with E-state index >= 15 is 4.39 Å². The van der Waals surface area contributed by atoms with Crippen molar-refractivity contribution in [2.45, 2.75) is 25.9 Å². The van der Waals surface area contributed by atoms with E-state index in [4.69, 9.17) is 19.9 Å². The van der Waals surface area contributed by atoms with Crippen LogP contribution < -0.4 is 21.1 Å². The molecule has 0 spiro atoms. The van der Waals surface area contributed by atoms with Gasteiger partial charge in [0.15, 0.2) is 5.82 Å². The number of nitrogens with two attached hydrogens (primary N) is 1. The maximum atomic E-state index is 15.4. The smallest absolute Gasteiger partial charge is 0.413 e. The molecule has 0 saturated carbocycles. The fraction of sp³-hybridized carbons (Fsp3) is 0.400. The van der Waals surface area contributed by atoms with Gasteiger partial charge in [-0.2, -0.15) is 0 Å². The lowest BCUT2D eigenvalue weighted by Crippen LogP contribution is -2.33. The number of nitrogens with zero attached hydrogens (tertiary/aromatic N) is 3. The van der Waals surface area contributed by atoms with Gasteiger partial charge in [0.05, 0.1) is 19.0 Å². The lowest BCUT2D eigenvalue weighted by molar-refractivity contribution is -0.0324. The van der Waals surface area contributed by atoms with Gasteiger partial charge in [0.25, 0.3) is 0 Å². The zero-order valence-electron chi connectivity index (χ0n) is 20.3. The Hall–Kier alpha value is -3.70. The fourth-order valence-corrected chi connectivity index (χ4v) is 4.51. The van der Waals surface area contributed by atoms with Crippen LogP contribution >= 0.6 is 0 Å². The van der Waals surface area contributed by atoms with Crippen LogP contribution in [0, 0.1) is 12.7 Å². The van der Waals surface area contributed by atoms with E-state index in [0.29, 0.717) is 60.7 Å². The van der Waals surface area contributed by atoms with Crippen LogP contribution in [0.25, 0.3) is 21.9 Å². The highest BCUT2D eigenvalue weighted by Crippen LogP contribution is 2.39. The first kappa shape index (κ1) is 24.0. The Balaban J connectivity index is 1.39. The Kier molecular flexibility index (Phi) is 6.75. The van der Waals surface area contributed by atoms with Crippen molar-refractivity contribution in [2.75, 3.05) is 56.4 Å². The topological polar surface area (TPSA) is 124 Å². The van der Waals surface area contributed by atoms with E-state index in [1.54, 1.807) is 18.3 Å². The number of aromatic nitrogens is 2. The number of pyridine rings is 2. The molecule has 2 aliphatic rings. The molecule has 11 heteroatoms. The van der Waals surface area contributed by atoms with Gasteiger partial charge in [-0.25, -0.2) is 19.2 Å². The lowest BCUT2D eigenvalue weighted by Gasteiger charge is -2.25. The largest absolute Gasteiger partial charge is 0.474 e. The van der Waals surface area contributed by atoms with Crippen LogP contribution in [0.2, 0.25) is 0 Å². The molecule has 2 aromatic heterocycles. The summed E-state index contributed by atoms with van der Waals surface area (Å²) < 4.78 is 32.0. The Bertz CT molecular complexity index is 1290. The van der Waals surface area contributed by atoms with Crippen LogP contribution in [0.5, 0.6) is 5.88 Å².